The second kappa shape index (κ2) is 6.18. The molecule has 1 aromatic heterocycles. The number of thioether (sulfide) groups is 1. The van der Waals surface area contributed by atoms with Crippen molar-refractivity contribution < 1.29 is 0 Å². The van der Waals surface area contributed by atoms with Crippen LogP contribution in [0, 0.1) is 0 Å². The Balaban J connectivity index is 3.05. The lowest BCUT2D eigenvalue weighted by Gasteiger charge is -2.30. The molecule has 0 bridgehead atoms. The van der Waals surface area contributed by atoms with Crippen molar-refractivity contribution in [2.24, 2.45) is 7.05 Å². The number of H-pyrrole nitrogens is 1. The van der Waals surface area contributed by atoms with Gasteiger partial charge < -0.3 is 11.1 Å². The normalized spacial score (nSPS) is 11.6. The summed E-state index contributed by atoms with van der Waals surface area (Å²) < 4.78 is 1.29. The smallest absolute Gasteiger partial charge is 0.329 e. The molecular formula is C12H22N4O2S. The summed E-state index contributed by atoms with van der Waals surface area (Å²) in [5.41, 5.74) is 5.10. The second-order valence-corrected chi connectivity index (χ2v) is 5.80. The Hall–Kier alpha value is -1.37. The summed E-state index contributed by atoms with van der Waals surface area (Å²) >= 11 is 1.77. The van der Waals surface area contributed by atoms with Gasteiger partial charge in [-0.15, -0.1) is 0 Å². The zero-order valence-electron chi connectivity index (χ0n) is 11.9. The van der Waals surface area contributed by atoms with E-state index in [0.717, 1.165) is 12.8 Å². The first-order chi connectivity index (χ1) is 8.90. The van der Waals surface area contributed by atoms with Gasteiger partial charge in [0, 0.05) is 18.3 Å². The van der Waals surface area contributed by atoms with Gasteiger partial charge in [-0.05, 0) is 19.1 Å². The number of nitrogen functional groups attached to an aromatic ring is 1. The third kappa shape index (κ3) is 3.15. The van der Waals surface area contributed by atoms with Gasteiger partial charge in [0.2, 0.25) is 0 Å². The van der Waals surface area contributed by atoms with Gasteiger partial charge in [-0.3, -0.25) is 14.3 Å². The highest BCUT2D eigenvalue weighted by Crippen LogP contribution is 2.30. The third-order valence-corrected chi connectivity index (χ3v) is 5.27. The first-order valence-electron chi connectivity index (χ1n) is 6.28. The maximum Gasteiger partial charge on any atom is 0.329 e. The van der Waals surface area contributed by atoms with Gasteiger partial charge >= 0.3 is 5.69 Å². The van der Waals surface area contributed by atoms with Crippen LogP contribution in [0.4, 0.5) is 11.5 Å². The van der Waals surface area contributed by atoms with Crippen molar-refractivity contribution in [2.75, 3.05) is 23.9 Å². The highest BCUT2D eigenvalue weighted by Gasteiger charge is 2.25. The first kappa shape index (κ1) is 15.7. The molecule has 19 heavy (non-hydrogen) atoms. The van der Waals surface area contributed by atoms with Crippen LogP contribution in [0.2, 0.25) is 0 Å². The van der Waals surface area contributed by atoms with Crippen LogP contribution in [0.3, 0.4) is 0 Å². The summed E-state index contributed by atoms with van der Waals surface area (Å²) in [6.07, 6.45) is 4.03. The molecule has 0 fully saturated rings. The van der Waals surface area contributed by atoms with E-state index in [4.69, 9.17) is 5.73 Å². The quantitative estimate of drug-likeness (QED) is 0.725. The van der Waals surface area contributed by atoms with Crippen molar-refractivity contribution in [3.05, 3.63) is 20.8 Å². The minimum Gasteiger partial charge on any atom is -0.383 e. The number of hydrogen-bond acceptors (Lipinski definition) is 5. The van der Waals surface area contributed by atoms with E-state index in [1.54, 1.807) is 11.8 Å². The number of nitrogens with zero attached hydrogens (tertiary/aromatic N) is 1. The Morgan fingerprint density at radius 1 is 1.37 bits per heavy atom. The van der Waals surface area contributed by atoms with E-state index < -0.39 is 11.2 Å². The minimum absolute atomic E-state index is 0.0631. The van der Waals surface area contributed by atoms with Crippen molar-refractivity contribution >= 4 is 23.3 Å². The molecule has 1 rings (SSSR count). The lowest BCUT2D eigenvalue weighted by molar-refractivity contribution is 0.574. The van der Waals surface area contributed by atoms with E-state index in [0.29, 0.717) is 6.54 Å². The molecule has 0 atom stereocenters. The second-order valence-electron chi connectivity index (χ2n) is 4.53. The highest BCUT2D eigenvalue weighted by atomic mass is 32.2. The first-order valence-corrected chi connectivity index (χ1v) is 7.51. The van der Waals surface area contributed by atoms with Crippen LogP contribution in [0.25, 0.3) is 0 Å². The number of nitrogens with two attached hydrogens (primary N) is 1. The molecule has 0 aliphatic rings. The van der Waals surface area contributed by atoms with Gasteiger partial charge in [-0.25, -0.2) is 4.79 Å². The van der Waals surface area contributed by atoms with E-state index in [1.165, 1.54) is 11.6 Å². The summed E-state index contributed by atoms with van der Waals surface area (Å²) in [4.78, 5) is 25.4. The SMILES string of the molecule is CCC(CC)(CNc1c(N)n(C)c(=O)[nH]c1=O)SC. The van der Waals surface area contributed by atoms with Gasteiger partial charge in [-0.1, -0.05) is 13.8 Å². The number of nitrogens with one attached hydrogen (secondary N) is 2. The fourth-order valence-electron chi connectivity index (χ4n) is 1.92. The molecule has 0 aliphatic heterocycles. The van der Waals surface area contributed by atoms with E-state index in [-0.39, 0.29) is 16.3 Å². The summed E-state index contributed by atoms with van der Waals surface area (Å²) in [6, 6.07) is 0. The fourth-order valence-corrected chi connectivity index (χ4v) is 2.71. The maximum atomic E-state index is 11.8. The molecule has 4 N–H and O–H groups in total. The molecule has 0 saturated heterocycles. The van der Waals surface area contributed by atoms with Crippen LogP contribution in [0.5, 0.6) is 0 Å². The van der Waals surface area contributed by atoms with E-state index in [9.17, 15) is 9.59 Å². The summed E-state index contributed by atoms with van der Waals surface area (Å²) in [6.45, 7) is 4.87. The molecule has 7 heteroatoms. The number of hydrogen-bond donors (Lipinski definition) is 3. The maximum absolute atomic E-state index is 11.8. The van der Waals surface area contributed by atoms with Gasteiger partial charge in [0.1, 0.15) is 11.5 Å². The standard InChI is InChI=1S/C12H22N4O2S/c1-5-12(6-2,19-4)7-14-8-9(13)16(3)11(18)15-10(8)17/h14H,5-7,13H2,1-4H3,(H,15,17,18). The zero-order chi connectivity index (χ0) is 14.6. The molecule has 0 saturated carbocycles. The van der Waals surface area contributed by atoms with Gasteiger partial charge in [0.05, 0.1) is 0 Å². The van der Waals surface area contributed by atoms with E-state index in [2.05, 4.69) is 30.4 Å². The molecule has 6 nitrogen and oxygen atoms in total. The summed E-state index contributed by atoms with van der Waals surface area (Å²) in [5.74, 6) is 0.163. The van der Waals surface area contributed by atoms with Gasteiger partial charge in [0.15, 0.2) is 0 Å². The van der Waals surface area contributed by atoms with Crippen LogP contribution in [0.15, 0.2) is 9.59 Å². The van der Waals surface area contributed by atoms with E-state index in [1.807, 2.05) is 0 Å². The van der Waals surface area contributed by atoms with Crippen LogP contribution in [0.1, 0.15) is 26.7 Å². The lowest BCUT2D eigenvalue weighted by atomic mass is 10.0. The van der Waals surface area contributed by atoms with Gasteiger partial charge in [0.25, 0.3) is 5.56 Å². The summed E-state index contributed by atoms with van der Waals surface area (Å²) in [7, 11) is 1.53. The van der Waals surface area contributed by atoms with Crippen molar-refractivity contribution in [3.63, 3.8) is 0 Å². The van der Waals surface area contributed by atoms with Crippen molar-refractivity contribution in [3.8, 4) is 0 Å². The van der Waals surface area contributed by atoms with Crippen LogP contribution in [-0.4, -0.2) is 27.1 Å². The fraction of sp³-hybridized carbons (Fsp3) is 0.667. The number of aromatic amines is 1. The van der Waals surface area contributed by atoms with Gasteiger partial charge in [-0.2, -0.15) is 11.8 Å². The molecule has 0 aliphatic carbocycles. The molecular weight excluding hydrogens is 264 g/mol. The molecule has 0 aromatic carbocycles. The Morgan fingerprint density at radius 2 is 1.95 bits per heavy atom. The molecule has 108 valence electrons. The number of anilines is 2. The highest BCUT2D eigenvalue weighted by molar-refractivity contribution is 8.00. The van der Waals surface area contributed by atoms with Crippen molar-refractivity contribution in [1.82, 2.24) is 9.55 Å². The average Bonchev–Trinajstić information content (AvgIpc) is 2.41. The number of rotatable bonds is 6. The Bertz CT molecular complexity index is 537. The topological polar surface area (TPSA) is 92.9 Å². The Kier molecular flexibility index (Phi) is 5.11. The third-order valence-electron chi connectivity index (χ3n) is 3.68. The molecule has 0 spiro atoms. The Morgan fingerprint density at radius 3 is 2.42 bits per heavy atom. The molecule has 0 radical (unpaired) electrons. The Labute approximate surface area is 116 Å². The summed E-state index contributed by atoms with van der Waals surface area (Å²) in [5, 5.41) is 3.09. The largest absolute Gasteiger partial charge is 0.383 e. The van der Waals surface area contributed by atoms with Crippen molar-refractivity contribution in [2.45, 2.75) is 31.4 Å². The van der Waals surface area contributed by atoms with Crippen LogP contribution >= 0.6 is 11.8 Å². The predicted molar refractivity (Wildman–Crippen MR) is 82.0 cm³/mol. The van der Waals surface area contributed by atoms with Crippen LogP contribution < -0.4 is 22.3 Å². The predicted octanol–water partition coefficient (Wildman–Crippen LogP) is 0.990. The molecule has 1 heterocycles. The van der Waals surface area contributed by atoms with E-state index >= 15 is 0 Å². The number of aromatic nitrogens is 2. The zero-order valence-corrected chi connectivity index (χ0v) is 12.7. The van der Waals surface area contributed by atoms with Crippen molar-refractivity contribution in [1.29, 1.82) is 0 Å². The minimum atomic E-state index is -0.504. The molecule has 0 amide bonds. The monoisotopic (exact) mass is 286 g/mol. The van der Waals surface area contributed by atoms with Crippen LogP contribution in [-0.2, 0) is 7.05 Å². The molecule has 1 aromatic rings. The average molecular weight is 286 g/mol. The lowest BCUT2D eigenvalue weighted by Crippen LogP contribution is -2.37. The molecule has 0 unspecified atom stereocenters.